The number of piperazine rings is 1. The average Bonchev–Trinajstić information content (AvgIpc) is 3.62. The van der Waals surface area contributed by atoms with Crippen molar-refractivity contribution in [2.75, 3.05) is 31.5 Å². The van der Waals surface area contributed by atoms with Gasteiger partial charge in [0.15, 0.2) is 0 Å². The van der Waals surface area contributed by atoms with Crippen LogP contribution in [0.2, 0.25) is 0 Å². The number of aromatic nitrogens is 5. The summed E-state index contributed by atoms with van der Waals surface area (Å²) >= 11 is 0. The van der Waals surface area contributed by atoms with Crippen LogP contribution in [0.25, 0.3) is 22.2 Å². The fourth-order valence-corrected chi connectivity index (χ4v) is 4.87. The first-order chi connectivity index (χ1) is 19.9. The van der Waals surface area contributed by atoms with Crippen LogP contribution in [0.15, 0.2) is 85.3 Å². The molecule has 4 heterocycles. The van der Waals surface area contributed by atoms with Crippen molar-refractivity contribution in [2.24, 2.45) is 7.05 Å². The lowest BCUT2D eigenvalue weighted by molar-refractivity contribution is -0.133. The van der Waals surface area contributed by atoms with E-state index in [1.54, 1.807) is 68.0 Å². The van der Waals surface area contributed by atoms with Crippen molar-refractivity contribution in [1.82, 2.24) is 34.3 Å². The van der Waals surface area contributed by atoms with Gasteiger partial charge in [0.05, 0.1) is 17.4 Å². The van der Waals surface area contributed by atoms with Gasteiger partial charge < -0.3 is 15.1 Å². The van der Waals surface area contributed by atoms with Gasteiger partial charge in [-0.15, -0.1) is 0 Å². The smallest absolute Gasteiger partial charge is 0.274 e. The largest absolute Gasteiger partial charge is 0.338 e. The summed E-state index contributed by atoms with van der Waals surface area (Å²) in [7, 11) is 1.83. The molecule has 1 aliphatic heterocycles. The first-order valence-corrected chi connectivity index (χ1v) is 13.3. The predicted octanol–water partition coefficient (Wildman–Crippen LogP) is 3.07. The van der Waals surface area contributed by atoms with Crippen LogP contribution in [-0.2, 0) is 18.4 Å². The summed E-state index contributed by atoms with van der Waals surface area (Å²) in [6.45, 7) is 2.02. The second kappa shape index (κ2) is 11.0. The Labute approximate surface area is 236 Å². The molecule has 2 aromatic carbocycles. The number of carbonyl (C=O) groups excluding carboxylic acids is 3. The van der Waals surface area contributed by atoms with E-state index in [0.29, 0.717) is 54.3 Å². The molecule has 6 rings (SSSR count). The molecule has 1 aliphatic rings. The molecular formula is C30H28N8O3. The maximum absolute atomic E-state index is 13.0. The molecule has 0 aliphatic carbocycles. The summed E-state index contributed by atoms with van der Waals surface area (Å²) < 4.78 is 3.29. The van der Waals surface area contributed by atoms with Gasteiger partial charge in [0, 0.05) is 67.8 Å². The second-order valence-electron chi connectivity index (χ2n) is 9.90. The van der Waals surface area contributed by atoms with Gasteiger partial charge in [-0.05, 0) is 42.5 Å². The van der Waals surface area contributed by atoms with E-state index >= 15 is 0 Å². The predicted molar refractivity (Wildman–Crippen MR) is 153 cm³/mol. The monoisotopic (exact) mass is 548 g/mol. The lowest BCUT2D eigenvalue weighted by Gasteiger charge is -2.34. The number of fused-ring (bicyclic) bond motifs is 1. The number of benzene rings is 2. The summed E-state index contributed by atoms with van der Waals surface area (Å²) in [6, 6.07) is 19.9. The highest BCUT2D eigenvalue weighted by Gasteiger charge is 2.25. The number of carbonyl (C=O) groups is 3. The Bertz CT molecular complexity index is 1740. The minimum Gasteiger partial charge on any atom is -0.338 e. The molecule has 5 aromatic rings. The number of anilines is 1. The number of hydrogen-bond donors (Lipinski definition) is 1. The Kier molecular flexibility index (Phi) is 6.99. The highest BCUT2D eigenvalue weighted by atomic mass is 16.2. The quantitative estimate of drug-likeness (QED) is 0.349. The van der Waals surface area contributed by atoms with Crippen molar-refractivity contribution in [2.45, 2.75) is 6.54 Å². The number of nitrogens with zero attached hydrogens (tertiary/aromatic N) is 7. The van der Waals surface area contributed by atoms with Crippen LogP contribution in [0.4, 0.5) is 5.69 Å². The van der Waals surface area contributed by atoms with Crippen molar-refractivity contribution in [3.8, 4) is 11.3 Å². The van der Waals surface area contributed by atoms with Crippen LogP contribution in [0.5, 0.6) is 0 Å². The summed E-state index contributed by atoms with van der Waals surface area (Å²) in [6.07, 6.45) is 5.33. The molecule has 3 aromatic heterocycles. The van der Waals surface area contributed by atoms with E-state index < -0.39 is 0 Å². The maximum Gasteiger partial charge on any atom is 0.274 e. The van der Waals surface area contributed by atoms with Crippen LogP contribution >= 0.6 is 0 Å². The Balaban J connectivity index is 1.07. The Morgan fingerprint density at radius 3 is 2.41 bits per heavy atom. The SMILES string of the molecule is Cn1cc(-c2cccc(C(=O)Nc3ccc4nn(CC(=O)N5CCN(C(=O)c6ccccc6)CC5)cc4c3)n2)cn1. The molecule has 1 N–H and O–H groups in total. The van der Waals surface area contributed by atoms with E-state index in [4.69, 9.17) is 0 Å². The molecule has 0 unspecified atom stereocenters. The third-order valence-electron chi connectivity index (χ3n) is 7.03. The molecule has 0 atom stereocenters. The zero-order valence-electron chi connectivity index (χ0n) is 22.5. The van der Waals surface area contributed by atoms with E-state index in [0.717, 1.165) is 10.9 Å². The van der Waals surface area contributed by atoms with Gasteiger partial charge in [-0.2, -0.15) is 10.2 Å². The molecule has 3 amide bonds. The second-order valence-corrected chi connectivity index (χ2v) is 9.90. The molecule has 41 heavy (non-hydrogen) atoms. The number of amides is 3. The first kappa shape index (κ1) is 25.9. The van der Waals surface area contributed by atoms with Crippen molar-refractivity contribution in [3.05, 3.63) is 96.6 Å². The lowest BCUT2D eigenvalue weighted by Crippen LogP contribution is -2.51. The molecular weight excluding hydrogens is 520 g/mol. The Morgan fingerprint density at radius 2 is 1.66 bits per heavy atom. The van der Waals surface area contributed by atoms with E-state index in [9.17, 15) is 14.4 Å². The van der Waals surface area contributed by atoms with Crippen molar-refractivity contribution >= 4 is 34.3 Å². The molecule has 0 spiro atoms. The topological polar surface area (TPSA) is 118 Å². The molecule has 0 radical (unpaired) electrons. The van der Waals surface area contributed by atoms with E-state index in [-0.39, 0.29) is 24.3 Å². The molecule has 0 saturated carbocycles. The highest BCUT2D eigenvalue weighted by Crippen LogP contribution is 2.20. The van der Waals surface area contributed by atoms with Crippen molar-refractivity contribution in [3.63, 3.8) is 0 Å². The van der Waals surface area contributed by atoms with Crippen LogP contribution in [0.1, 0.15) is 20.8 Å². The third-order valence-corrected chi connectivity index (χ3v) is 7.03. The number of nitrogens with one attached hydrogen (secondary N) is 1. The number of pyridine rings is 1. The summed E-state index contributed by atoms with van der Waals surface area (Å²) in [5.41, 5.74) is 3.75. The van der Waals surface area contributed by atoms with Gasteiger partial charge in [-0.25, -0.2) is 4.98 Å². The number of aryl methyl sites for hydroxylation is 1. The average molecular weight is 549 g/mol. The van der Waals surface area contributed by atoms with Gasteiger partial charge in [-0.3, -0.25) is 23.7 Å². The van der Waals surface area contributed by atoms with Gasteiger partial charge in [-0.1, -0.05) is 24.3 Å². The standard InChI is InChI=1S/C30H28N8O3/c1-35-18-23(17-31-35)25-8-5-9-27(33-25)29(40)32-24-10-11-26-22(16-24)19-38(34-26)20-28(39)36-12-14-37(15-13-36)30(41)21-6-3-2-4-7-21/h2-11,16-19H,12-15,20H2,1H3,(H,32,40). The van der Waals surface area contributed by atoms with Gasteiger partial charge in [0.2, 0.25) is 5.91 Å². The maximum atomic E-state index is 13.0. The van der Waals surface area contributed by atoms with Crippen LogP contribution in [-0.4, -0.2) is 78.2 Å². The summed E-state index contributed by atoms with van der Waals surface area (Å²) in [4.78, 5) is 46.6. The Morgan fingerprint density at radius 1 is 0.878 bits per heavy atom. The molecule has 206 valence electrons. The molecule has 11 nitrogen and oxygen atoms in total. The van der Waals surface area contributed by atoms with E-state index in [1.165, 1.54) is 0 Å². The van der Waals surface area contributed by atoms with Gasteiger partial charge in [0.25, 0.3) is 11.8 Å². The molecule has 0 bridgehead atoms. The number of hydrogen-bond acceptors (Lipinski definition) is 6. The minimum atomic E-state index is -0.331. The van der Waals surface area contributed by atoms with Crippen LogP contribution < -0.4 is 5.32 Å². The normalized spacial score (nSPS) is 13.4. The molecule has 1 fully saturated rings. The van der Waals surface area contributed by atoms with Crippen LogP contribution in [0, 0.1) is 0 Å². The third kappa shape index (κ3) is 5.69. The summed E-state index contributed by atoms with van der Waals surface area (Å²) in [5.74, 6) is -0.406. The van der Waals surface area contributed by atoms with Crippen molar-refractivity contribution < 1.29 is 14.4 Å². The molecule has 1 saturated heterocycles. The fraction of sp³-hybridized carbons (Fsp3) is 0.200. The van der Waals surface area contributed by atoms with Crippen LogP contribution in [0.3, 0.4) is 0 Å². The fourth-order valence-electron chi connectivity index (χ4n) is 4.87. The van der Waals surface area contributed by atoms with E-state index in [2.05, 4.69) is 20.5 Å². The van der Waals surface area contributed by atoms with E-state index in [1.807, 2.05) is 43.6 Å². The zero-order chi connectivity index (χ0) is 28.3. The Hall–Kier alpha value is -5.32. The van der Waals surface area contributed by atoms with Gasteiger partial charge >= 0.3 is 0 Å². The lowest BCUT2D eigenvalue weighted by atomic mass is 10.2. The highest BCUT2D eigenvalue weighted by molar-refractivity contribution is 6.04. The zero-order valence-corrected chi connectivity index (χ0v) is 22.5. The summed E-state index contributed by atoms with van der Waals surface area (Å²) in [5, 5.41) is 12.4. The first-order valence-electron chi connectivity index (χ1n) is 13.3. The molecule has 11 heteroatoms. The van der Waals surface area contributed by atoms with Crippen molar-refractivity contribution in [1.29, 1.82) is 0 Å². The van der Waals surface area contributed by atoms with Gasteiger partial charge in [0.1, 0.15) is 12.2 Å². The minimum absolute atomic E-state index is 0.0177. The number of rotatable bonds is 6.